The minimum absolute atomic E-state index is 0.0400. The number of rotatable bonds is 5. The molecule has 5 nitrogen and oxygen atoms in total. The molecule has 5 heteroatoms. The van der Waals surface area contributed by atoms with Crippen molar-refractivity contribution in [2.75, 3.05) is 6.54 Å². The number of amides is 1. The molecule has 1 amide bonds. The molecular weight excluding hydrogens is 204 g/mol. The van der Waals surface area contributed by atoms with Crippen LogP contribution in [0, 0.1) is 23.2 Å². The Morgan fingerprint density at radius 1 is 1.62 bits per heavy atom. The number of nitriles is 1. The van der Waals surface area contributed by atoms with Gasteiger partial charge in [-0.3, -0.25) is 4.79 Å². The fraction of sp³-hybridized carbons (Fsp3) is 0.545. The van der Waals surface area contributed by atoms with E-state index in [1.54, 1.807) is 12.5 Å². The van der Waals surface area contributed by atoms with Crippen molar-refractivity contribution < 1.29 is 4.79 Å². The van der Waals surface area contributed by atoms with Gasteiger partial charge in [0.15, 0.2) is 0 Å². The van der Waals surface area contributed by atoms with E-state index in [0.29, 0.717) is 13.1 Å². The molecule has 0 aliphatic carbocycles. The Morgan fingerprint density at radius 3 is 2.88 bits per heavy atom. The molecule has 1 heterocycles. The van der Waals surface area contributed by atoms with Gasteiger partial charge in [-0.1, -0.05) is 13.8 Å². The van der Waals surface area contributed by atoms with Crippen molar-refractivity contribution in [3.8, 4) is 6.07 Å². The summed E-state index contributed by atoms with van der Waals surface area (Å²) < 4.78 is 1.87. The molecule has 1 aromatic heterocycles. The molecule has 0 fully saturated rings. The molecule has 1 atom stereocenters. The monoisotopic (exact) mass is 220 g/mol. The zero-order valence-corrected chi connectivity index (χ0v) is 9.55. The molecule has 0 aliphatic heterocycles. The van der Waals surface area contributed by atoms with E-state index in [-0.39, 0.29) is 11.8 Å². The summed E-state index contributed by atoms with van der Waals surface area (Å²) in [5, 5.41) is 11.6. The van der Waals surface area contributed by atoms with Crippen molar-refractivity contribution in [3.63, 3.8) is 0 Å². The van der Waals surface area contributed by atoms with Crippen LogP contribution in [-0.4, -0.2) is 22.0 Å². The predicted molar refractivity (Wildman–Crippen MR) is 59.2 cm³/mol. The van der Waals surface area contributed by atoms with Gasteiger partial charge in [0.25, 0.3) is 0 Å². The molecule has 86 valence electrons. The Bertz CT molecular complexity index is 364. The second-order valence-electron chi connectivity index (χ2n) is 3.94. The maximum atomic E-state index is 11.6. The predicted octanol–water partition coefficient (Wildman–Crippen LogP) is 0.795. The number of nitrogens with one attached hydrogen (secondary N) is 1. The Labute approximate surface area is 95.1 Å². The lowest BCUT2D eigenvalue weighted by atomic mass is 9.97. The topological polar surface area (TPSA) is 70.7 Å². The number of hydrogen-bond acceptors (Lipinski definition) is 3. The van der Waals surface area contributed by atoms with Crippen molar-refractivity contribution in [3.05, 3.63) is 18.7 Å². The van der Waals surface area contributed by atoms with Crippen LogP contribution in [0.25, 0.3) is 0 Å². The van der Waals surface area contributed by atoms with Gasteiger partial charge in [-0.15, -0.1) is 0 Å². The van der Waals surface area contributed by atoms with Crippen LogP contribution in [0.15, 0.2) is 18.7 Å². The van der Waals surface area contributed by atoms with Crippen LogP contribution in [-0.2, 0) is 11.3 Å². The van der Waals surface area contributed by atoms with Crippen molar-refractivity contribution >= 4 is 5.91 Å². The highest BCUT2D eigenvalue weighted by Crippen LogP contribution is 2.08. The third kappa shape index (κ3) is 3.39. The van der Waals surface area contributed by atoms with E-state index in [1.807, 2.05) is 30.7 Å². The number of carbonyl (C=O) groups excluding carboxylic acids is 1. The number of imidazole rings is 1. The zero-order chi connectivity index (χ0) is 12.0. The number of aromatic nitrogens is 2. The molecule has 1 unspecified atom stereocenters. The average molecular weight is 220 g/mol. The Hall–Kier alpha value is -1.83. The molecule has 1 N–H and O–H groups in total. The molecule has 0 radical (unpaired) electrons. The Balaban J connectivity index is 2.33. The Morgan fingerprint density at radius 2 is 2.38 bits per heavy atom. The summed E-state index contributed by atoms with van der Waals surface area (Å²) in [6.45, 7) is 4.91. The summed E-state index contributed by atoms with van der Waals surface area (Å²) in [6, 6.07) is 2.01. The summed E-state index contributed by atoms with van der Waals surface area (Å²) in [5.41, 5.74) is 0. The summed E-state index contributed by atoms with van der Waals surface area (Å²) in [7, 11) is 0. The quantitative estimate of drug-likeness (QED) is 0.797. The first kappa shape index (κ1) is 12.2. The van der Waals surface area contributed by atoms with Gasteiger partial charge in [0.2, 0.25) is 5.91 Å². The van der Waals surface area contributed by atoms with Crippen molar-refractivity contribution in [1.29, 1.82) is 5.26 Å². The maximum absolute atomic E-state index is 11.6. The average Bonchev–Trinajstić information content (AvgIpc) is 2.71. The van der Waals surface area contributed by atoms with Crippen molar-refractivity contribution in [2.45, 2.75) is 20.4 Å². The molecule has 0 aromatic carbocycles. The standard InChI is InChI=1S/C11H16N4O/c1-9(2)10(7-12)11(16)14-4-6-15-5-3-13-8-15/h3,5,8-10H,4,6H2,1-2H3,(H,14,16). The molecule has 16 heavy (non-hydrogen) atoms. The highest BCUT2D eigenvalue weighted by Gasteiger charge is 2.20. The van der Waals surface area contributed by atoms with Crippen LogP contribution in [0.2, 0.25) is 0 Å². The van der Waals surface area contributed by atoms with E-state index in [4.69, 9.17) is 5.26 Å². The van der Waals surface area contributed by atoms with E-state index in [2.05, 4.69) is 10.3 Å². The minimum atomic E-state index is -0.567. The second-order valence-corrected chi connectivity index (χ2v) is 3.94. The number of carbonyl (C=O) groups is 1. The second kappa shape index (κ2) is 5.91. The first-order valence-electron chi connectivity index (χ1n) is 5.28. The van der Waals surface area contributed by atoms with E-state index >= 15 is 0 Å². The molecule has 0 saturated carbocycles. The summed E-state index contributed by atoms with van der Waals surface area (Å²) >= 11 is 0. The van der Waals surface area contributed by atoms with E-state index in [0.717, 1.165) is 0 Å². The van der Waals surface area contributed by atoms with E-state index in [1.165, 1.54) is 0 Å². The fourth-order valence-corrected chi connectivity index (χ4v) is 1.35. The van der Waals surface area contributed by atoms with Crippen LogP contribution in [0.1, 0.15) is 13.8 Å². The third-order valence-electron chi connectivity index (χ3n) is 2.32. The lowest BCUT2D eigenvalue weighted by Crippen LogP contribution is -2.34. The Kier molecular flexibility index (Phi) is 4.52. The highest BCUT2D eigenvalue weighted by molar-refractivity contribution is 5.81. The van der Waals surface area contributed by atoms with E-state index in [9.17, 15) is 4.79 Å². The minimum Gasteiger partial charge on any atom is -0.353 e. The van der Waals surface area contributed by atoms with Gasteiger partial charge in [-0.25, -0.2) is 4.98 Å². The van der Waals surface area contributed by atoms with Crippen LogP contribution >= 0.6 is 0 Å². The van der Waals surface area contributed by atoms with Gasteiger partial charge in [-0.2, -0.15) is 5.26 Å². The lowest BCUT2D eigenvalue weighted by molar-refractivity contribution is -0.124. The molecule has 0 aliphatic rings. The summed E-state index contributed by atoms with van der Waals surface area (Å²) in [4.78, 5) is 15.5. The SMILES string of the molecule is CC(C)C(C#N)C(=O)NCCn1ccnc1. The van der Waals surface area contributed by atoms with Gasteiger partial charge in [-0.05, 0) is 5.92 Å². The fourth-order valence-electron chi connectivity index (χ4n) is 1.35. The van der Waals surface area contributed by atoms with Crippen LogP contribution in [0.4, 0.5) is 0 Å². The molecule has 0 saturated heterocycles. The third-order valence-corrected chi connectivity index (χ3v) is 2.32. The van der Waals surface area contributed by atoms with E-state index < -0.39 is 5.92 Å². The number of hydrogen-bond donors (Lipinski definition) is 1. The molecule has 1 aromatic rings. The number of nitrogens with zero attached hydrogens (tertiary/aromatic N) is 3. The van der Waals surface area contributed by atoms with Crippen molar-refractivity contribution in [1.82, 2.24) is 14.9 Å². The largest absolute Gasteiger partial charge is 0.353 e. The van der Waals surface area contributed by atoms with Crippen molar-refractivity contribution in [2.24, 2.45) is 11.8 Å². The first-order valence-corrected chi connectivity index (χ1v) is 5.28. The van der Waals surface area contributed by atoms with Crippen LogP contribution < -0.4 is 5.32 Å². The molecule has 0 bridgehead atoms. The molecule has 0 spiro atoms. The molecular formula is C11H16N4O. The van der Waals surface area contributed by atoms with Crippen LogP contribution in [0.3, 0.4) is 0 Å². The summed E-state index contributed by atoms with van der Waals surface area (Å²) in [6.07, 6.45) is 5.21. The highest BCUT2D eigenvalue weighted by atomic mass is 16.1. The van der Waals surface area contributed by atoms with Crippen LogP contribution in [0.5, 0.6) is 0 Å². The normalized spacial score (nSPS) is 12.1. The smallest absolute Gasteiger partial charge is 0.237 e. The maximum Gasteiger partial charge on any atom is 0.237 e. The first-order chi connectivity index (χ1) is 7.65. The van der Waals surface area contributed by atoms with Gasteiger partial charge in [0.1, 0.15) is 5.92 Å². The van der Waals surface area contributed by atoms with Gasteiger partial charge in [0, 0.05) is 25.5 Å². The summed E-state index contributed by atoms with van der Waals surface area (Å²) in [5.74, 6) is -0.723. The molecule has 1 rings (SSSR count). The van der Waals surface area contributed by atoms with Gasteiger partial charge < -0.3 is 9.88 Å². The zero-order valence-electron chi connectivity index (χ0n) is 9.55. The lowest BCUT2D eigenvalue weighted by Gasteiger charge is -2.13. The van der Waals surface area contributed by atoms with Gasteiger partial charge in [0.05, 0.1) is 12.4 Å². The van der Waals surface area contributed by atoms with Gasteiger partial charge >= 0.3 is 0 Å².